The summed E-state index contributed by atoms with van der Waals surface area (Å²) >= 11 is 0. The molecule has 0 unspecified atom stereocenters. The van der Waals surface area contributed by atoms with Crippen LogP contribution in [0.15, 0.2) is 52.6 Å². The molecule has 2 aromatic rings. The van der Waals surface area contributed by atoms with Gasteiger partial charge in [0.15, 0.2) is 0 Å². The van der Waals surface area contributed by atoms with Crippen molar-refractivity contribution in [3.05, 3.63) is 59.3 Å². The summed E-state index contributed by atoms with van der Waals surface area (Å²) in [7, 11) is 0. The molecule has 0 saturated carbocycles. The predicted molar refractivity (Wildman–Crippen MR) is 127 cm³/mol. The van der Waals surface area contributed by atoms with Crippen LogP contribution in [-0.2, 0) is 16.1 Å². The molecule has 3 aliphatic heterocycles. The van der Waals surface area contributed by atoms with Crippen molar-refractivity contribution in [1.82, 2.24) is 14.8 Å². The summed E-state index contributed by atoms with van der Waals surface area (Å²) in [5.41, 5.74) is 3.60. The number of nitrogens with zero attached hydrogens (tertiary/aromatic N) is 5. The minimum absolute atomic E-state index is 0.0507. The summed E-state index contributed by atoms with van der Waals surface area (Å²) in [6.07, 6.45) is 3.17. The number of anilines is 1. The monoisotopic (exact) mass is 446 g/mol. The number of aliphatic hydroxyl groups excluding tert-OH is 1. The maximum Gasteiger partial charge on any atom is 0.222 e. The number of rotatable bonds is 5. The average Bonchev–Trinajstić information content (AvgIpc) is 3.30. The highest BCUT2D eigenvalue weighted by atomic mass is 16.5. The number of aliphatic imine (C=N–C) groups is 2. The number of fused-ring (bicyclic) bond motifs is 3. The third-order valence-electron chi connectivity index (χ3n) is 5.79. The molecule has 170 valence electrons. The molecule has 5 rings (SSSR count). The number of aliphatic hydroxyl groups is 1. The molecule has 1 saturated heterocycles. The minimum Gasteiger partial charge on any atom is -0.507 e. The number of ether oxygens (including phenoxy) is 1. The molecule has 2 N–H and O–H groups in total. The lowest BCUT2D eigenvalue weighted by atomic mass is 10.0. The van der Waals surface area contributed by atoms with Crippen molar-refractivity contribution in [1.29, 1.82) is 0 Å². The Balaban J connectivity index is 1.42. The van der Waals surface area contributed by atoms with Gasteiger partial charge in [-0.1, -0.05) is 6.07 Å². The standard InChI is InChI=1S/C24H26N6O3/c1-16(31)27-22-5-3-18(14-26-22)21(32)13-23-28-20-12-17(15-29-8-10-33-11-9-29)2-4-19(20)24-25-6-7-30(23)24/h2-5,12-14,32H,6-11,15H2,1H3,(H,26,27,31)/b21-13-. The molecule has 4 heterocycles. The Kier molecular flexibility index (Phi) is 5.89. The molecule has 3 aliphatic rings. The summed E-state index contributed by atoms with van der Waals surface area (Å²) in [5.74, 6) is 1.82. The van der Waals surface area contributed by atoms with Gasteiger partial charge in [-0.25, -0.2) is 9.98 Å². The Morgan fingerprint density at radius 1 is 1.21 bits per heavy atom. The molecule has 33 heavy (non-hydrogen) atoms. The summed E-state index contributed by atoms with van der Waals surface area (Å²) in [6, 6.07) is 9.71. The first-order chi connectivity index (χ1) is 16.1. The summed E-state index contributed by atoms with van der Waals surface area (Å²) in [4.78, 5) is 29.3. The van der Waals surface area contributed by atoms with Crippen molar-refractivity contribution in [2.75, 3.05) is 44.7 Å². The van der Waals surface area contributed by atoms with Crippen molar-refractivity contribution in [2.45, 2.75) is 13.5 Å². The first-order valence-corrected chi connectivity index (χ1v) is 11.1. The Morgan fingerprint density at radius 2 is 2.06 bits per heavy atom. The molecular formula is C24H26N6O3. The zero-order valence-corrected chi connectivity index (χ0v) is 18.5. The van der Waals surface area contributed by atoms with Crippen molar-refractivity contribution in [3.63, 3.8) is 0 Å². The highest BCUT2D eigenvalue weighted by Crippen LogP contribution is 2.31. The van der Waals surface area contributed by atoms with E-state index in [1.807, 2.05) is 4.90 Å². The molecule has 0 atom stereocenters. The van der Waals surface area contributed by atoms with Crippen LogP contribution in [0.25, 0.3) is 5.76 Å². The lowest BCUT2D eigenvalue weighted by Crippen LogP contribution is -2.37. The summed E-state index contributed by atoms with van der Waals surface area (Å²) in [6.45, 7) is 7.07. The van der Waals surface area contributed by atoms with Crippen LogP contribution >= 0.6 is 0 Å². The first kappa shape index (κ1) is 21.3. The fourth-order valence-corrected chi connectivity index (χ4v) is 4.17. The average molecular weight is 447 g/mol. The second kappa shape index (κ2) is 9.13. The van der Waals surface area contributed by atoms with Crippen molar-refractivity contribution in [3.8, 4) is 0 Å². The number of carbonyl (C=O) groups excluding carboxylic acids is 1. The number of amides is 1. The summed E-state index contributed by atoms with van der Waals surface area (Å²) < 4.78 is 5.45. The maximum absolute atomic E-state index is 11.2. The van der Waals surface area contributed by atoms with Crippen LogP contribution < -0.4 is 5.32 Å². The van der Waals surface area contributed by atoms with Gasteiger partial charge in [-0.2, -0.15) is 0 Å². The first-order valence-electron chi connectivity index (χ1n) is 11.1. The van der Waals surface area contributed by atoms with E-state index in [9.17, 15) is 9.90 Å². The van der Waals surface area contributed by atoms with Gasteiger partial charge in [0.25, 0.3) is 0 Å². The molecule has 0 aliphatic carbocycles. The van der Waals surface area contributed by atoms with Gasteiger partial charge >= 0.3 is 0 Å². The van der Waals surface area contributed by atoms with Crippen LogP contribution in [0.2, 0.25) is 0 Å². The van der Waals surface area contributed by atoms with Gasteiger partial charge in [0.1, 0.15) is 23.2 Å². The molecule has 1 aromatic carbocycles. The van der Waals surface area contributed by atoms with Gasteiger partial charge in [-0.3, -0.25) is 14.7 Å². The third kappa shape index (κ3) is 4.64. The van der Waals surface area contributed by atoms with Gasteiger partial charge in [0.2, 0.25) is 5.91 Å². The zero-order valence-electron chi connectivity index (χ0n) is 18.5. The van der Waals surface area contributed by atoms with Crippen molar-refractivity contribution < 1.29 is 14.6 Å². The Hall–Kier alpha value is -3.56. The van der Waals surface area contributed by atoms with Crippen molar-refractivity contribution >= 4 is 34.8 Å². The third-order valence-corrected chi connectivity index (χ3v) is 5.79. The van der Waals surface area contributed by atoms with Gasteiger partial charge in [-0.15, -0.1) is 0 Å². The van der Waals surface area contributed by atoms with Gasteiger partial charge in [0, 0.05) is 56.5 Å². The van der Waals surface area contributed by atoms with E-state index in [-0.39, 0.29) is 11.7 Å². The predicted octanol–water partition coefficient (Wildman–Crippen LogP) is 2.58. The molecule has 0 spiro atoms. The SMILES string of the molecule is CC(=O)Nc1ccc(/C(O)=C/C2=Nc3cc(CN4CCOCC4)ccc3C3=NCCN23)cn1. The van der Waals surface area contributed by atoms with Crippen LogP contribution in [0.3, 0.4) is 0 Å². The number of nitrogens with one attached hydrogen (secondary N) is 1. The number of benzene rings is 1. The van der Waals surface area contributed by atoms with Gasteiger partial charge < -0.3 is 20.1 Å². The van der Waals surface area contributed by atoms with E-state index in [0.29, 0.717) is 30.3 Å². The number of carbonyl (C=O) groups is 1. The van der Waals surface area contributed by atoms with E-state index in [4.69, 9.17) is 9.73 Å². The van der Waals surface area contributed by atoms with Crippen LogP contribution in [0.5, 0.6) is 0 Å². The largest absolute Gasteiger partial charge is 0.507 e. The molecule has 0 radical (unpaired) electrons. The normalized spacial score (nSPS) is 18.3. The lowest BCUT2D eigenvalue weighted by Gasteiger charge is -2.28. The Labute approximate surface area is 192 Å². The Morgan fingerprint density at radius 3 is 2.82 bits per heavy atom. The van der Waals surface area contributed by atoms with Crippen LogP contribution in [0.4, 0.5) is 11.5 Å². The molecule has 0 bridgehead atoms. The highest BCUT2D eigenvalue weighted by molar-refractivity contribution is 6.19. The fourth-order valence-electron chi connectivity index (χ4n) is 4.17. The fraction of sp³-hybridized carbons (Fsp3) is 0.333. The zero-order chi connectivity index (χ0) is 22.8. The summed E-state index contributed by atoms with van der Waals surface area (Å²) in [5, 5.41) is 13.4. The number of pyridine rings is 1. The van der Waals surface area contributed by atoms with Crippen molar-refractivity contribution in [2.24, 2.45) is 9.98 Å². The minimum atomic E-state index is -0.195. The van der Waals surface area contributed by atoms with E-state index in [1.54, 1.807) is 18.2 Å². The molecule has 9 heteroatoms. The number of hydrogen-bond donors (Lipinski definition) is 2. The number of amidine groups is 2. The highest BCUT2D eigenvalue weighted by Gasteiger charge is 2.29. The lowest BCUT2D eigenvalue weighted by molar-refractivity contribution is -0.114. The second-order valence-corrected chi connectivity index (χ2v) is 8.21. The topological polar surface area (TPSA) is 103 Å². The van der Waals surface area contributed by atoms with E-state index < -0.39 is 0 Å². The number of morpholine rings is 1. The van der Waals surface area contributed by atoms with E-state index in [2.05, 4.69) is 38.4 Å². The molecular weight excluding hydrogens is 420 g/mol. The van der Waals surface area contributed by atoms with Crippen LogP contribution in [0, 0.1) is 0 Å². The number of hydrogen-bond acceptors (Lipinski definition) is 8. The van der Waals surface area contributed by atoms with E-state index in [0.717, 1.165) is 49.9 Å². The van der Waals surface area contributed by atoms with E-state index >= 15 is 0 Å². The molecule has 1 fully saturated rings. The maximum atomic E-state index is 11.2. The van der Waals surface area contributed by atoms with Crippen LogP contribution in [0.1, 0.15) is 23.6 Å². The molecule has 1 amide bonds. The second-order valence-electron chi connectivity index (χ2n) is 8.21. The van der Waals surface area contributed by atoms with Crippen LogP contribution in [-0.4, -0.2) is 76.9 Å². The number of aromatic nitrogens is 1. The smallest absolute Gasteiger partial charge is 0.222 e. The quantitative estimate of drug-likeness (QED) is 0.685. The van der Waals surface area contributed by atoms with Gasteiger partial charge in [0.05, 0.1) is 25.4 Å². The molecule has 1 aromatic heterocycles. The molecule has 9 nitrogen and oxygen atoms in total. The Bertz CT molecular complexity index is 1150. The van der Waals surface area contributed by atoms with E-state index in [1.165, 1.54) is 18.7 Å². The van der Waals surface area contributed by atoms with Gasteiger partial charge in [-0.05, 0) is 29.8 Å².